The zero-order valence-corrected chi connectivity index (χ0v) is 11.4. The molecule has 1 N–H and O–H groups in total. The third-order valence-electron chi connectivity index (χ3n) is 4.39. The summed E-state index contributed by atoms with van der Waals surface area (Å²) in [6, 6.07) is 9.61. The summed E-state index contributed by atoms with van der Waals surface area (Å²) in [7, 11) is 0. The highest BCUT2D eigenvalue weighted by Crippen LogP contribution is 2.40. The molecular formula is C16H24N2. The molecule has 98 valence electrons. The summed E-state index contributed by atoms with van der Waals surface area (Å²) in [5.41, 5.74) is 3.02. The van der Waals surface area contributed by atoms with Gasteiger partial charge in [0.25, 0.3) is 0 Å². The zero-order chi connectivity index (χ0) is 12.4. The van der Waals surface area contributed by atoms with Crippen molar-refractivity contribution in [3.63, 3.8) is 0 Å². The van der Waals surface area contributed by atoms with Crippen LogP contribution in [0.5, 0.6) is 0 Å². The first kappa shape index (κ1) is 12.2. The molecule has 2 heteroatoms. The van der Waals surface area contributed by atoms with E-state index in [4.69, 9.17) is 0 Å². The van der Waals surface area contributed by atoms with Crippen molar-refractivity contribution in [3.05, 3.63) is 35.4 Å². The number of piperazine rings is 1. The van der Waals surface area contributed by atoms with Crippen molar-refractivity contribution in [2.75, 3.05) is 26.2 Å². The molecule has 1 aromatic carbocycles. The summed E-state index contributed by atoms with van der Waals surface area (Å²) >= 11 is 0. The molecule has 1 atom stereocenters. The smallest absolute Gasteiger partial charge is 0.0354 e. The van der Waals surface area contributed by atoms with Crippen LogP contribution in [0.3, 0.4) is 0 Å². The van der Waals surface area contributed by atoms with E-state index in [1.165, 1.54) is 37.9 Å². The van der Waals surface area contributed by atoms with Gasteiger partial charge in [-0.15, -0.1) is 0 Å². The lowest BCUT2D eigenvalue weighted by Crippen LogP contribution is -2.45. The maximum absolute atomic E-state index is 3.46. The number of nitrogens with zero attached hydrogens (tertiary/aromatic N) is 1. The normalized spacial score (nSPS) is 22.9. The lowest BCUT2D eigenvalue weighted by Gasteiger charge is -2.36. The molecule has 1 aliphatic carbocycles. The van der Waals surface area contributed by atoms with Crippen molar-refractivity contribution in [1.29, 1.82) is 0 Å². The molecule has 2 nitrogen and oxygen atoms in total. The summed E-state index contributed by atoms with van der Waals surface area (Å²) in [6.45, 7) is 6.95. The standard InChI is InChI=1S/C16H24N2/c1-13-4-2-3-5-15(13)16(12-14-6-7-14)18-10-8-17-9-11-18/h2-5,14,16-17H,6-12H2,1H3/t16-/m0/s1. The Bertz CT molecular complexity index is 392. The van der Waals surface area contributed by atoms with Gasteiger partial charge in [-0.25, -0.2) is 0 Å². The number of aryl methyl sites for hydroxylation is 1. The Labute approximate surface area is 110 Å². The van der Waals surface area contributed by atoms with Crippen LogP contribution in [0.15, 0.2) is 24.3 Å². The van der Waals surface area contributed by atoms with Gasteiger partial charge in [0.15, 0.2) is 0 Å². The van der Waals surface area contributed by atoms with Gasteiger partial charge >= 0.3 is 0 Å². The average molecular weight is 244 g/mol. The van der Waals surface area contributed by atoms with Crippen LogP contribution in [0.4, 0.5) is 0 Å². The Balaban J connectivity index is 1.81. The van der Waals surface area contributed by atoms with Crippen molar-refractivity contribution in [1.82, 2.24) is 10.2 Å². The third-order valence-corrected chi connectivity index (χ3v) is 4.39. The molecule has 0 bridgehead atoms. The monoisotopic (exact) mass is 244 g/mol. The van der Waals surface area contributed by atoms with Gasteiger partial charge in [0, 0.05) is 32.2 Å². The molecule has 1 aliphatic heterocycles. The minimum atomic E-state index is 0.654. The van der Waals surface area contributed by atoms with Crippen LogP contribution in [0.2, 0.25) is 0 Å². The first-order chi connectivity index (χ1) is 8.84. The van der Waals surface area contributed by atoms with Crippen molar-refractivity contribution < 1.29 is 0 Å². The van der Waals surface area contributed by atoms with E-state index in [2.05, 4.69) is 41.4 Å². The first-order valence-corrected chi connectivity index (χ1v) is 7.35. The SMILES string of the molecule is Cc1ccccc1[C@H](CC1CC1)N1CCNCC1. The van der Waals surface area contributed by atoms with E-state index in [0.717, 1.165) is 19.0 Å². The average Bonchev–Trinajstić information content (AvgIpc) is 3.22. The molecular weight excluding hydrogens is 220 g/mol. The van der Waals surface area contributed by atoms with E-state index < -0.39 is 0 Å². The molecule has 0 unspecified atom stereocenters. The fourth-order valence-electron chi connectivity index (χ4n) is 3.10. The molecule has 2 fully saturated rings. The second kappa shape index (κ2) is 5.41. The second-order valence-electron chi connectivity index (χ2n) is 5.84. The first-order valence-electron chi connectivity index (χ1n) is 7.35. The van der Waals surface area contributed by atoms with Gasteiger partial charge < -0.3 is 5.32 Å². The maximum atomic E-state index is 3.46. The zero-order valence-electron chi connectivity index (χ0n) is 11.4. The van der Waals surface area contributed by atoms with Gasteiger partial charge in [0.1, 0.15) is 0 Å². The molecule has 1 saturated carbocycles. The van der Waals surface area contributed by atoms with Gasteiger partial charge in [0.2, 0.25) is 0 Å². The van der Waals surface area contributed by atoms with Crippen LogP contribution >= 0.6 is 0 Å². The summed E-state index contributed by atoms with van der Waals surface area (Å²) in [4.78, 5) is 2.69. The van der Waals surface area contributed by atoms with Crippen LogP contribution in [-0.2, 0) is 0 Å². The Morgan fingerprint density at radius 1 is 1.22 bits per heavy atom. The van der Waals surface area contributed by atoms with Gasteiger partial charge in [0.05, 0.1) is 0 Å². The fourth-order valence-corrected chi connectivity index (χ4v) is 3.10. The van der Waals surface area contributed by atoms with E-state index >= 15 is 0 Å². The maximum Gasteiger partial charge on any atom is 0.0354 e. The van der Waals surface area contributed by atoms with E-state index in [0.29, 0.717) is 6.04 Å². The minimum Gasteiger partial charge on any atom is -0.314 e. The summed E-state index contributed by atoms with van der Waals surface area (Å²) in [6.07, 6.45) is 4.27. The van der Waals surface area contributed by atoms with E-state index in [1.54, 1.807) is 5.56 Å². The van der Waals surface area contributed by atoms with Gasteiger partial charge in [-0.1, -0.05) is 37.1 Å². The molecule has 1 saturated heterocycles. The molecule has 0 amide bonds. The summed E-state index contributed by atoms with van der Waals surface area (Å²) in [5.74, 6) is 0.990. The molecule has 3 rings (SSSR count). The number of nitrogens with one attached hydrogen (secondary N) is 1. The van der Waals surface area contributed by atoms with Crippen LogP contribution in [0.25, 0.3) is 0 Å². The summed E-state index contributed by atoms with van der Waals surface area (Å²) in [5, 5.41) is 3.46. The highest BCUT2D eigenvalue weighted by molar-refractivity contribution is 5.29. The van der Waals surface area contributed by atoms with Crippen molar-refractivity contribution in [2.24, 2.45) is 5.92 Å². The lowest BCUT2D eigenvalue weighted by atomic mass is 9.95. The highest BCUT2D eigenvalue weighted by Gasteiger charge is 2.30. The van der Waals surface area contributed by atoms with E-state index in [9.17, 15) is 0 Å². The quantitative estimate of drug-likeness (QED) is 0.876. The van der Waals surface area contributed by atoms with Crippen molar-refractivity contribution >= 4 is 0 Å². The Morgan fingerprint density at radius 2 is 1.94 bits per heavy atom. The number of benzene rings is 1. The predicted molar refractivity (Wildman–Crippen MR) is 75.7 cm³/mol. The molecule has 0 spiro atoms. The van der Waals surface area contributed by atoms with Crippen LogP contribution in [0.1, 0.15) is 36.4 Å². The van der Waals surface area contributed by atoms with Crippen molar-refractivity contribution in [2.45, 2.75) is 32.2 Å². The Morgan fingerprint density at radius 3 is 2.61 bits per heavy atom. The second-order valence-corrected chi connectivity index (χ2v) is 5.84. The summed E-state index contributed by atoms with van der Waals surface area (Å²) < 4.78 is 0. The number of hydrogen-bond acceptors (Lipinski definition) is 2. The minimum absolute atomic E-state index is 0.654. The number of rotatable bonds is 4. The number of hydrogen-bond donors (Lipinski definition) is 1. The van der Waals surface area contributed by atoms with Crippen LogP contribution in [0, 0.1) is 12.8 Å². The van der Waals surface area contributed by atoms with Crippen LogP contribution < -0.4 is 5.32 Å². The van der Waals surface area contributed by atoms with Gasteiger partial charge in [-0.05, 0) is 30.4 Å². The van der Waals surface area contributed by atoms with Crippen LogP contribution in [-0.4, -0.2) is 31.1 Å². The molecule has 0 aromatic heterocycles. The third kappa shape index (κ3) is 2.76. The Kier molecular flexibility index (Phi) is 3.67. The molecule has 1 heterocycles. The van der Waals surface area contributed by atoms with Gasteiger partial charge in [-0.2, -0.15) is 0 Å². The fraction of sp³-hybridized carbons (Fsp3) is 0.625. The topological polar surface area (TPSA) is 15.3 Å². The van der Waals surface area contributed by atoms with E-state index in [-0.39, 0.29) is 0 Å². The van der Waals surface area contributed by atoms with Gasteiger partial charge in [-0.3, -0.25) is 4.90 Å². The molecule has 2 aliphatic rings. The predicted octanol–water partition coefficient (Wildman–Crippen LogP) is 2.74. The lowest BCUT2D eigenvalue weighted by molar-refractivity contribution is 0.160. The molecule has 0 radical (unpaired) electrons. The largest absolute Gasteiger partial charge is 0.314 e. The molecule has 18 heavy (non-hydrogen) atoms. The Hall–Kier alpha value is -0.860. The highest BCUT2D eigenvalue weighted by atomic mass is 15.2. The van der Waals surface area contributed by atoms with E-state index in [1.807, 2.05) is 0 Å². The van der Waals surface area contributed by atoms with Crippen molar-refractivity contribution in [3.8, 4) is 0 Å². The molecule has 1 aromatic rings.